The van der Waals surface area contributed by atoms with Gasteiger partial charge in [-0.2, -0.15) is 18.3 Å². The van der Waals surface area contributed by atoms with Gasteiger partial charge in [-0.15, -0.1) is 5.01 Å². The summed E-state index contributed by atoms with van der Waals surface area (Å²) in [5.41, 5.74) is 0.455. The fourth-order valence-electron chi connectivity index (χ4n) is 3.82. The van der Waals surface area contributed by atoms with Gasteiger partial charge >= 0.3 is 18.3 Å². The maximum absolute atomic E-state index is 13.5. The largest absolute Gasteiger partial charge is 0.569 e. The molecule has 1 aromatic heterocycles. The minimum atomic E-state index is -4.73. The second-order valence-corrected chi connectivity index (χ2v) is 11.8. The Kier molecular flexibility index (Phi) is 12.9. The van der Waals surface area contributed by atoms with Crippen LogP contribution in [-0.2, 0) is 44.8 Å². The Labute approximate surface area is 278 Å². The van der Waals surface area contributed by atoms with E-state index in [1.165, 1.54) is 26.1 Å². The van der Waals surface area contributed by atoms with E-state index in [4.69, 9.17) is 9.57 Å². The number of benzene rings is 2. The van der Waals surface area contributed by atoms with Crippen molar-refractivity contribution >= 4 is 28.1 Å². The summed E-state index contributed by atoms with van der Waals surface area (Å²) in [5, 5.41) is 19.7. The summed E-state index contributed by atoms with van der Waals surface area (Å²) in [6, 6.07) is 12.3. The van der Waals surface area contributed by atoms with Crippen molar-refractivity contribution < 1.29 is 60.0 Å². The number of carbonyl (C=O) groups excluding carboxylic acids is 3. The van der Waals surface area contributed by atoms with Crippen molar-refractivity contribution in [2.24, 2.45) is 5.28 Å². The normalized spacial score (nSPS) is 12.5. The number of aromatic nitrogens is 2. The highest BCUT2D eigenvalue weighted by Gasteiger charge is 2.35. The number of likely N-dealkylation sites (N-methyl/N-ethyl adjacent to an activating group) is 1. The van der Waals surface area contributed by atoms with Gasteiger partial charge in [0.2, 0.25) is 11.2 Å². The lowest BCUT2D eigenvalue weighted by Gasteiger charge is -2.14. The number of aryl methyl sites for hydroxylation is 1. The molecule has 0 aliphatic carbocycles. The smallest absolute Gasteiger partial charge is 0.511 e. The summed E-state index contributed by atoms with van der Waals surface area (Å²) in [6.07, 6.45) is -8.03. The highest BCUT2D eigenvalue weighted by atomic mass is 32.2. The lowest BCUT2D eigenvalue weighted by molar-refractivity contribution is -0.707. The second-order valence-electron chi connectivity index (χ2n) is 10.1. The zero-order valence-corrected chi connectivity index (χ0v) is 27.5. The molecule has 0 aliphatic rings. The third-order valence-electron chi connectivity index (χ3n) is 6.30. The van der Waals surface area contributed by atoms with Crippen molar-refractivity contribution in [1.29, 1.82) is 0 Å². The van der Waals surface area contributed by atoms with Gasteiger partial charge < -0.3 is 19.4 Å². The van der Waals surface area contributed by atoms with E-state index in [1.54, 1.807) is 31.2 Å². The molecule has 1 heterocycles. The van der Waals surface area contributed by atoms with Gasteiger partial charge in [-0.3, -0.25) is 14.4 Å². The summed E-state index contributed by atoms with van der Waals surface area (Å²) in [7, 11) is -3.13. The standard InChI is InChI=1S/C29H33F3N6O10S/c1-5-45-28(41)47-20(3)48-35-38(42)36(4)16-17-46-27(40)15-14-26(39)34-49(43,44)23-12-10-22(11-13-23)37-24(18-25(33-37)29(30,31)32)21-8-6-19(2)7-9-21/h6-13,18,20H,5,14-17H2,1-4H3,(H,34,39). The lowest BCUT2D eigenvalue weighted by atomic mass is 10.1. The highest BCUT2D eigenvalue weighted by Crippen LogP contribution is 2.33. The zero-order chi connectivity index (χ0) is 36.4. The van der Waals surface area contributed by atoms with E-state index in [1.807, 2.05) is 11.6 Å². The van der Waals surface area contributed by atoms with Crippen LogP contribution in [0.5, 0.6) is 0 Å². The zero-order valence-electron chi connectivity index (χ0n) is 26.7. The van der Waals surface area contributed by atoms with Gasteiger partial charge in [0.15, 0.2) is 5.69 Å². The average Bonchev–Trinajstić information content (AvgIpc) is 3.49. The van der Waals surface area contributed by atoms with Crippen LogP contribution >= 0.6 is 0 Å². The van der Waals surface area contributed by atoms with Crippen LogP contribution in [0.15, 0.2) is 64.8 Å². The number of hydrogen-bond acceptors (Lipinski definition) is 12. The van der Waals surface area contributed by atoms with Gasteiger partial charge in [0, 0.05) is 18.9 Å². The number of nitrogens with zero attached hydrogens (tertiary/aromatic N) is 5. The summed E-state index contributed by atoms with van der Waals surface area (Å²) in [4.78, 5) is 39.9. The lowest BCUT2D eigenvalue weighted by Crippen LogP contribution is -2.32. The van der Waals surface area contributed by atoms with Crippen LogP contribution in [0, 0.1) is 12.1 Å². The van der Waals surface area contributed by atoms with Gasteiger partial charge in [-0.25, -0.2) is 22.6 Å². The number of ether oxygens (including phenoxy) is 3. The maximum Gasteiger partial charge on any atom is 0.511 e. The van der Waals surface area contributed by atoms with Crippen LogP contribution in [0.1, 0.15) is 37.9 Å². The molecule has 3 rings (SSSR count). The monoisotopic (exact) mass is 714 g/mol. The number of halogens is 3. The minimum absolute atomic E-state index is 0.00146. The minimum Gasteiger partial charge on any atom is -0.569 e. The Balaban J connectivity index is 1.52. The van der Waals surface area contributed by atoms with E-state index in [2.05, 4.69) is 19.8 Å². The molecule has 20 heteroatoms. The summed E-state index contributed by atoms with van der Waals surface area (Å²) < 4.78 is 83.0. The van der Waals surface area contributed by atoms with Gasteiger partial charge in [0.1, 0.15) is 13.2 Å². The first kappa shape index (κ1) is 38.1. The number of esters is 1. The Morgan fingerprint density at radius 1 is 1.08 bits per heavy atom. The van der Waals surface area contributed by atoms with Crippen molar-refractivity contribution in [1.82, 2.24) is 19.5 Å². The molecular formula is C29H33F3N6O10S. The van der Waals surface area contributed by atoms with Crippen LogP contribution in [0.4, 0.5) is 18.0 Å². The first-order chi connectivity index (χ1) is 23.0. The number of carbonyl (C=O) groups is 3. The number of hydrazine groups is 1. The number of alkyl halides is 3. The molecule has 266 valence electrons. The van der Waals surface area contributed by atoms with E-state index < -0.39 is 59.1 Å². The third kappa shape index (κ3) is 11.4. The predicted molar refractivity (Wildman–Crippen MR) is 162 cm³/mol. The Hall–Kier alpha value is -5.40. The Morgan fingerprint density at radius 2 is 1.73 bits per heavy atom. The number of sulfonamides is 1. The number of amides is 1. The summed E-state index contributed by atoms with van der Waals surface area (Å²) in [5.74, 6) is -1.89. The molecular weight excluding hydrogens is 681 g/mol. The number of rotatable bonds is 15. The fraction of sp³-hybridized carbons (Fsp3) is 0.379. The summed E-state index contributed by atoms with van der Waals surface area (Å²) >= 11 is 0. The van der Waals surface area contributed by atoms with Crippen molar-refractivity contribution in [3.8, 4) is 16.9 Å². The molecule has 3 aromatic rings. The Bertz CT molecular complexity index is 1750. The molecule has 1 atom stereocenters. The highest BCUT2D eigenvalue weighted by molar-refractivity contribution is 7.90. The molecule has 1 amide bonds. The first-order valence-electron chi connectivity index (χ1n) is 14.4. The van der Waals surface area contributed by atoms with Crippen LogP contribution in [0.3, 0.4) is 0 Å². The number of nitrogens with one attached hydrogen (secondary N) is 1. The van der Waals surface area contributed by atoms with Crippen LogP contribution in [0.2, 0.25) is 0 Å². The molecule has 49 heavy (non-hydrogen) atoms. The van der Waals surface area contributed by atoms with Crippen LogP contribution in [0.25, 0.3) is 16.9 Å². The van der Waals surface area contributed by atoms with Crippen LogP contribution < -0.4 is 4.72 Å². The maximum atomic E-state index is 13.5. The van der Waals surface area contributed by atoms with Gasteiger partial charge in [-0.1, -0.05) is 29.8 Å². The molecule has 0 radical (unpaired) electrons. The molecule has 0 saturated carbocycles. The molecule has 2 aromatic carbocycles. The molecule has 0 spiro atoms. The van der Waals surface area contributed by atoms with E-state index in [9.17, 15) is 41.2 Å². The Morgan fingerprint density at radius 3 is 2.35 bits per heavy atom. The van der Waals surface area contributed by atoms with Gasteiger partial charge in [0.05, 0.1) is 41.3 Å². The van der Waals surface area contributed by atoms with E-state index in [0.29, 0.717) is 5.56 Å². The fourth-order valence-corrected chi connectivity index (χ4v) is 4.83. The first-order valence-corrected chi connectivity index (χ1v) is 15.9. The molecule has 16 nitrogen and oxygen atoms in total. The van der Waals surface area contributed by atoms with E-state index >= 15 is 0 Å². The predicted octanol–water partition coefficient (Wildman–Crippen LogP) is 4.25. The van der Waals surface area contributed by atoms with Crippen molar-refractivity contribution in [2.45, 2.75) is 51.0 Å². The van der Waals surface area contributed by atoms with Crippen molar-refractivity contribution in [3.05, 3.63) is 71.1 Å². The molecule has 0 bridgehead atoms. The molecule has 1 unspecified atom stereocenters. The molecule has 0 aliphatic heterocycles. The van der Waals surface area contributed by atoms with Crippen LogP contribution in [-0.4, -0.2) is 79.3 Å². The van der Waals surface area contributed by atoms with Crippen molar-refractivity contribution in [3.63, 3.8) is 0 Å². The van der Waals surface area contributed by atoms with E-state index in [0.717, 1.165) is 33.5 Å². The quantitative estimate of drug-likeness (QED) is 0.0774. The molecule has 1 N–H and O–H groups in total. The number of hydrogen-bond donors (Lipinski definition) is 1. The second kappa shape index (κ2) is 16.6. The van der Waals surface area contributed by atoms with Crippen molar-refractivity contribution in [2.75, 3.05) is 26.8 Å². The van der Waals surface area contributed by atoms with E-state index in [-0.39, 0.29) is 41.0 Å². The molecule has 0 fully saturated rings. The SMILES string of the molecule is CCOC(=O)OC(C)ON=[N+]([O-])N(C)CCOC(=O)CCC(=O)NS(=O)(=O)c1ccc(-n2nc(C(F)(F)F)cc2-c2ccc(C)cc2)cc1. The van der Waals surface area contributed by atoms with Gasteiger partial charge in [0.25, 0.3) is 16.3 Å². The topological polar surface area (TPSA) is 194 Å². The van der Waals surface area contributed by atoms with Gasteiger partial charge in [-0.05, 0) is 44.2 Å². The average molecular weight is 715 g/mol. The summed E-state index contributed by atoms with van der Waals surface area (Å²) in [6.45, 7) is 4.28. The molecule has 0 saturated heterocycles. The third-order valence-corrected chi connectivity index (χ3v) is 7.69.